The minimum absolute atomic E-state index is 0.0572. The van der Waals surface area contributed by atoms with Crippen LogP contribution >= 0.6 is 0 Å². The molecule has 4 rings (SSSR count). The van der Waals surface area contributed by atoms with E-state index >= 15 is 0 Å². The number of likely N-dealkylation sites (tertiary alicyclic amines) is 1. The van der Waals surface area contributed by atoms with Crippen molar-refractivity contribution in [2.45, 2.75) is 17.7 Å². The van der Waals surface area contributed by atoms with E-state index in [0.29, 0.717) is 18.7 Å². The normalized spacial score (nSPS) is 19.9. The molecule has 0 bridgehead atoms. The lowest BCUT2D eigenvalue weighted by Gasteiger charge is -2.17. The summed E-state index contributed by atoms with van der Waals surface area (Å²) < 4.78 is 22.5. The fourth-order valence-corrected chi connectivity index (χ4v) is 3.95. The lowest BCUT2D eigenvalue weighted by Crippen LogP contribution is -2.33. The van der Waals surface area contributed by atoms with Crippen LogP contribution in [0.3, 0.4) is 0 Å². The first-order valence-electron chi connectivity index (χ1n) is 7.54. The van der Waals surface area contributed by atoms with Crippen LogP contribution in [0, 0.1) is 11.3 Å². The van der Waals surface area contributed by atoms with Crippen molar-refractivity contribution in [3.63, 3.8) is 0 Å². The van der Waals surface area contributed by atoms with Crippen LogP contribution in [0.25, 0.3) is 21.9 Å². The van der Waals surface area contributed by atoms with Crippen LogP contribution in [-0.2, 0) is 10.7 Å². The summed E-state index contributed by atoms with van der Waals surface area (Å²) in [6.45, 7) is 1.04. The molecule has 3 aromatic heterocycles. The number of nitrogens with one attached hydrogen (secondary N) is 1. The first-order chi connectivity index (χ1) is 11.7. The van der Waals surface area contributed by atoms with Crippen LogP contribution in [-0.4, -0.2) is 51.9 Å². The summed E-state index contributed by atoms with van der Waals surface area (Å²) in [4.78, 5) is 9.28. The molecule has 1 N–H and O–H groups in total. The lowest BCUT2D eigenvalue weighted by molar-refractivity contribution is 0.343. The zero-order valence-corrected chi connectivity index (χ0v) is 13.5. The third kappa shape index (κ3) is 2.31. The second kappa shape index (κ2) is 5.81. The van der Waals surface area contributed by atoms with Crippen LogP contribution in [0.1, 0.15) is 18.0 Å². The Hall–Kier alpha value is -2.57. The predicted octanol–water partition coefficient (Wildman–Crippen LogP) is 0.756. The van der Waals surface area contributed by atoms with Crippen molar-refractivity contribution in [2.24, 2.45) is 0 Å². The summed E-state index contributed by atoms with van der Waals surface area (Å²) in [7, 11) is -2.80. The van der Waals surface area contributed by atoms with Gasteiger partial charge in [0.1, 0.15) is 0 Å². The molecule has 0 aliphatic carbocycles. The maximum Gasteiger partial charge on any atom is 0.198 e. The summed E-state index contributed by atoms with van der Waals surface area (Å²) in [6, 6.07) is 5.62. The topological polar surface area (TPSA) is 116 Å². The second-order valence-electron chi connectivity index (χ2n) is 5.80. The molecule has 0 amide bonds. The number of rotatable bonds is 3. The van der Waals surface area contributed by atoms with Gasteiger partial charge >= 0.3 is 0 Å². The molecule has 24 heavy (non-hydrogen) atoms. The number of pyridine rings is 1. The Kier molecular flexibility index (Phi) is 3.63. The van der Waals surface area contributed by atoms with Crippen molar-refractivity contribution < 1.29 is 8.42 Å². The molecule has 1 aliphatic heterocycles. The molecule has 0 saturated carbocycles. The molecule has 8 nitrogen and oxygen atoms in total. The van der Waals surface area contributed by atoms with Gasteiger partial charge in [0.15, 0.2) is 21.7 Å². The predicted molar refractivity (Wildman–Crippen MR) is 87.8 cm³/mol. The fraction of sp³-hybridized carbons (Fsp3) is 0.333. The molecule has 1 aliphatic rings. The SMILES string of the molecule is N#CC(N1CCC(c2nccc3nnc4[nH]ccc4c23)C1)[SH](=O)=O. The molecular weight excluding hydrogens is 328 g/mol. The Morgan fingerprint density at radius 1 is 1.38 bits per heavy atom. The van der Waals surface area contributed by atoms with Gasteiger partial charge in [0.2, 0.25) is 0 Å². The van der Waals surface area contributed by atoms with Crippen molar-refractivity contribution in [1.82, 2.24) is 25.1 Å². The lowest BCUT2D eigenvalue weighted by atomic mass is 9.99. The number of fused-ring (bicyclic) bond motifs is 3. The van der Waals surface area contributed by atoms with Crippen LogP contribution in [0.15, 0.2) is 24.5 Å². The number of nitrogens with zero attached hydrogens (tertiary/aromatic N) is 5. The molecule has 9 heteroatoms. The van der Waals surface area contributed by atoms with E-state index in [0.717, 1.165) is 28.4 Å². The molecule has 2 unspecified atom stereocenters. The van der Waals surface area contributed by atoms with E-state index in [4.69, 9.17) is 5.26 Å². The largest absolute Gasteiger partial charge is 0.345 e. The smallest absolute Gasteiger partial charge is 0.198 e. The second-order valence-corrected chi connectivity index (χ2v) is 6.86. The molecule has 2 atom stereocenters. The van der Waals surface area contributed by atoms with E-state index in [1.807, 2.05) is 24.4 Å². The van der Waals surface area contributed by atoms with Gasteiger partial charge in [-0.2, -0.15) is 5.26 Å². The van der Waals surface area contributed by atoms with Crippen molar-refractivity contribution in [2.75, 3.05) is 13.1 Å². The summed E-state index contributed by atoms with van der Waals surface area (Å²) in [6.07, 6.45) is 4.26. The van der Waals surface area contributed by atoms with Crippen molar-refractivity contribution in [1.29, 1.82) is 5.26 Å². The number of thiol groups is 1. The van der Waals surface area contributed by atoms with Crippen molar-refractivity contribution in [3.05, 3.63) is 30.2 Å². The summed E-state index contributed by atoms with van der Waals surface area (Å²) >= 11 is 0. The van der Waals surface area contributed by atoms with Crippen LogP contribution in [0.5, 0.6) is 0 Å². The standard InChI is InChI=1S/C15H14N6O2S/c16-7-12(24(22)23)21-6-3-9(8-21)14-13-10-1-4-18-15(10)20-19-11(13)2-5-17-14/h1-2,4-5,9,12,24H,3,6,8H2,(H,18,20). The molecule has 1 fully saturated rings. The third-order valence-electron chi connectivity index (χ3n) is 4.48. The number of aromatic amines is 1. The van der Waals surface area contributed by atoms with Gasteiger partial charge in [-0.3, -0.25) is 9.88 Å². The van der Waals surface area contributed by atoms with Crippen molar-refractivity contribution >= 4 is 32.6 Å². The van der Waals surface area contributed by atoms with Gasteiger partial charge in [0, 0.05) is 42.2 Å². The zero-order chi connectivity index (χ0) is 16.7. The molecule has 0 spiro atoms. The molecule has 0 aromatic carbocycles. The highest BCUT2D eigenvalue weighted by molar-refractivity contribution is 7.73. The first kappa shape index (κ1) is 15.0. The minimum atomic E-state index is -2.80. The van der Waals surface area contributed by atoms with E-state index in [-0.39, 0.29) is 5.92 Å². The highest BCUT2D eigenvalue weighted by atomic mass is 32.2. The third-order valence-corrected chi connectivity index (χ3v) is 5.32. The van der Waals surface area contributed by atoms with Gasteiger partial charge in [-0.15, -0.1) is 10.2 Å². The summed E-state index contributed by atoms with van der Waals surface area (Å²) in [5.41, 5.74) is 2.34. The number of aromatic nitrogens is 4. The summed E-state index contributed by atoms with van der Waals surface area (Å²) in [5, 5.41) is 18.3. The molecule has 0 radical (unpaired) electrons. The van der Waals surface area contributed by atoms with E-state index in [9.17, 15) is 8.42 Å². The molecular formula is C15H14N6O2S. The van der Waals surface area contributed by atoms with Crippen LogP contribution in [0.2, 0.25) is 0 Å². The Bertz CT molecular complexity index is 1030. The Balaban J connectivity index is 1.78. The molecule has 4 heterocycles. The van der Waals surface area contributed by atoms with E-state index in [2.05, 4.69) is 20.2 Å². The fourth-order valence-electron chi connectivity index (χ4n) is 3.38. The van der Waals surface area contributed by atoms with E-state index in [1.165, 1.54) is 0 Å². The Labute approximate surface area is 139 Å². The molecule has 3 aromatic rings. The quantitative estimate of drug-likeness (QED) is 0.675. The van der Waals surface area contributed by atoms with Gasteiger partial charge in [-0.05, 0) is 18.6 Å². The minimum Gasteiger partial charge on any atom is -0.345 e. The van der Waals surface area contributed by atoms with Gasteiger partial charge in [-0.1, -0.05) is 0 Å². The van der Waals surface area contributed by atoms with Gasteiger partial charge < -0.3 is 4.98 Å². The zero-order valence-electron chi connectivity index (χ0n) is 12.6. The first-order valence-corrected chi connectivity index (χ1v) is 8.79. The van der Waals surface area contributed by atoms with Gasteiger partial charge in [0.05, 0.1) is 17.3 Å². The number of H-pyrrole nitrogens is 1. The summed E-state index contributed by atoms with van der Waals surface area (Å²) in [5.74, 6) is 0.0572. The maximum atomic E-state index is 11.2. The van der Waals surface area contributed by atoms with Gasteiger partial charge in [0.25, 0.3) is 0 Å². The van der Waals surface area contributed by atoms with Crippen LogP contribution < -0.4 is 0 Å². The van der Waals surface area contributed by atoms with E-state index in [1.54, 1.807) is 11.1 Å². The molecule has 122 valence electrons. The number of nitriles is 1. The molecule has 1 saturated heterocycles. The highest BCUT2D eigenvalue weighted by Gasteiger charge is 2.32. The Morgan fingerprint density at radius 3 is 3.04 bits per heavy atom. The average molecular weight is 342 g/mol. The van der Waals surface area contributed by atoms with Crippen LogP contribution in [0.4, 0.5) is 0 Å². The monoisotopic (exact) mass is 342 g/mol. The number of hydrogen-bond donors (Lipinski definition) is 2. The Morgan fingerprint density at radius 2 is 2.25 bits per heavy atom. The van der Waals surface area contributed by atoms with E-state index < -0.39 is 16.1 Å². The van der Waals surface area contributed by atoms with Gasteiger partial charge in [-0.25, -0.2) is 8.42 Å². The average Bonchev–Trinajstić information content (AvgIpc) is 3.23. The highest BCUT2D eigenvalue weighted by Crippen LogP contribution is 2.33. The number of hydrogen-bond acceptors (Lipinski definition) is 7. The maximum absolute atomic E-state index is 11.2. The van der Waals surface area contributed by atoms with Crippen molar-refractivity contribution in [3.8, 4) is 6.07 Å².